The number of halogens is 1. The Bertz CT molecular complexity index is 972. The van der Waals surface area contributed by atoms with E-state index in [2.05, 4.69) is 25.9 Å². The van der Waals surface area contributed by atoms with Gasteiger partial charge in [0.15, 0.2) is 0 Å². The van der Waals surface area contributed by atoms with Gasteiger partial charge in [0.05, 0.1) is 28.8 Å². The number of para-hydroxylation sites is 2. The summed E-state index contributed by atoms with van der Waals surface area (Å²) in [5, 5.41) is 19.0. The molecule has 0 saturated heterocycles. The molecule has 0 atom stereocenters. The number of aliphatic hydroxyl groups excluding tert-OH is 1. The quantitative estimate of drug-likeness (QED) is 0.614. The Balaban J connectivity index is 1.75. The number of aliphatic hydroxyl groups is 1. The van der Waals surface area contributed by atoms with E-state index in [1.54, 1.807) is 4.90 Å². The van der Waals surface area contributed by atoms with Crippen molar-refractivity contribution in [1.29, 1.82) is 5.41 Å². The van der Waals surface area contributed by atoms with Crippen LogP contribution in [0.5, 0.6) is 0 Å². The van der Waals surface area contributed by atoms with Gasteiger partial charge in [-0.3, -0.25) is 5.41 Å². The Kier molecular flexibility index (Phi) is 3.42. The molecule has 0 saturated carbocycles. The van der Waals surface area contributed by atoms with Gasteiger partial charge >= 0.3 is 0 Å². The molecule has 0 amide bonds. The topological polar surface area (TPSA) is 76.0 Å². The molecule has 0 bridgehead atoms. The number of benzene rings is 2. The highest BCUT2D eigenvalue weighted by atomic mass is 79.9. The lowest BCUT2D eigenvalue weighted by molar-refractivity contribution is 0.411. The first-order valence-electron chi connectivity index (χ1n) is 7.54. The molecule has 6 heteroatoms. The van der Waals surface area contributed by atoms with Crippen molar-refractivity contribution in [2.24, 2.45) is 0 Å². The number of imidazole rings is 1. The molecular formula is C18H15BrN4O. The number of aryl methyl sites for hydroxylation is 1. The van der Waals surface area contributed by atoms with Gasteiger partial charge in [0.1, 0.15) is 17.4 Å². The van der Waals surface area contributed by atoms with Crippen molar-refractivity contribution in [3.63, 3.8) is 0 Å². The third-order valence-electron chi connectivity index (χ3n) is 4.12. The van der Waals surface area contributed by atoms with Crippen LogP contribution in [0.1, 0.15) is 11.4 Å². The van der Waals surface area contributed by atoms with Crippen LogP contribution >= 0.6 is 15.9 Å². The van der Waals surface area contributed by atoms with Crippen molar-refractivity contribution in [2.45, 2.75) is 6.92 Å². The van der Waals surface area contributed by atoms with Crippen LogP contribution in [0.15, 0.2) is 52.7 Å². The number of hydrogen-bond donors (Lipinski definition) is 3. The van der Waals surface area contributed by atoms with E-state index >= 15 is 0 Å². The summed E-state index contributed by atoms with van der Waals surface area (Å²) >= 11 is 3.55. The Hall–Kier alpha value is -2.60. The molecular weight excluding hydrogens is 368 g/mol. The summed E-state index contributed by atoms with van der Waals surface area (Å²) in [4.78, 5) is 9.46. The Morgan fingerprint density at radius 1 is 1.25 bits per heavy atom. The van der Waals surface area contributed by atoms with Gasteiger partial charge in [-0.05, 0) is 52.7 Å². The molecule has 5 nitrogen and oxygen atoms in total. The summed E-state index contributed by atoms with van der Waals surface area (Å²) in [7, 11) is 0. The second-order valence-corrected chi connectivity index (χ2v) is 6.67. The number of aromatic amines is 1. The fraction of sp³-hybridized carbons (Fsp3) is 0.111. The fourth-order valence-electron chi connectivity index (χ4n) is 2.94. The minimum absolute atomic E-state index is 0.145. The summed E-state index contributed by atoms with van der Waals surface area (Å²) in [5.41, 5.74) is 4.12. The average molecular weight is 383 g/mol. The average Bonchev–Trinajstić information content (AvgIpc) is 3.08. The van der Waals surface area contributed by atoms with Gasteiger partial charge < -0.3 is 15.0 Å². The highest BCUT2D eigenvalue weighted by Crippen LogP contribution is 2.35. The van der Waals surface area contributed by atoms with Gasteiger partial charge in [-0.1, -0.05) is 18.2 Å². The summed E-state index contributed by atoms with van der Waals surface area (Å²) in [5.74, 6) is 0.895. The highest BCUT2D eigenvalue weighted by molar-refractivity contribution is 9.10. The molecule has 4 rings (SSSR count). The van der Waals surface area contributed by atoms with E-state index in [0.29, 0.717) is 11.4 Å². The molecule has 3 N–H and O–H groups in total. The molecule has 1 aliphatic rings. The number of nitrogens with one attached hydrogen (secondary N) is 2. The molecule has 2 aromatic carbocycles. The zero-order chi connectivity index (χ0) is 16.8. The largest absolute Gasteiger partial charge is 0.509 e. The van der Waals surface area contributed by atoms with Crippen molar-refractivity contribution >= 4 is 44.1 Å². The normalized spacial score (nSPS) is 14.9. The Morgan fingerprint density at radius 2 is 2.04 bits per heavy atom. The fourth-order valence-corrected chi connectivity index (χ4v) is 3.64. The summed E-state index contributed by atoms with van der Waals surface area (Å²) in [6.07, 6.45) is 0. The van der Waals surface area contributed by atoms with Crippen LogP contribution in [0.3, 0.4) is 0 Å². The Morgan fingerprint density at radius 3 is 2.79 bits per heavy atom. The maximum absolute atomic E-state index is 10.4. The number of anilines is 1. The lowest BCUT2D eigenvalue weighted by atomic mass is 10.2. The van der Waals surface area contributed by atoms with Crippen LogP contribution in [0.2, 0.25) is 0 Å². The summed E-state index contributed by atoms with van der Waals surface area (Å²) in [6, 6.07) is 13.6. The molecule has 0 spiro atoms. The van der Waals surface area contributed by atoms with Gasteiger partial charge in [-0.25, -0.2) is 4.98 Å². The first-order chi connectivity index (χ1) is 11.5. The van der Waals surface area contributed by atoms with Crippen molar-refractivity contribution < 1.29 is 5.11 Å². The predicted octanol–water partition coefficient (Wildman–Crippen LogP) is 4.40. The highest BCUT2D eigenvalue weighted by Gasteiger charge is 2.32. The maximum atomic E-state index is 10.4. The molecule has 1 aromatic heterocycles. The van der Waals surface area contributed by atoms with Crippen LogP contribution in [0.4, 0.5) is 5.69 Å². The third-order valence-corrected chi connectivity index (χ3v) is 4.76. The van der Waals surface area contributed by atoms with E-state index < -0.39 is 0 Å². The number of fused-ring (bicyclic) bond motifs is 1. The SMILES string of the molecule is Cc1ccc(N2CC(O)=C(c3nc4ccccc4[nH]3)C2=N)c(Br)c1. The second-order valence-electron chi connectivity index (χ2n) is 5.81. The molecule has 120 valence electrons. The molecule has 2 heterocycles. The lowest BCUT2D eigenvalue weighted by Crippen LogP contribution is -2.26. The van der Waals surface area contributed by atoms with E-state index in [4.69, 9.17) is 5.41 Å². The molecule has 0 radical (unpaired) electrons. The van der Waals surface area contributed by atoms with E-state index in [0.717, 1.165) is 26.8 Å². The van der Waals surface area contributed by atoms with Gasteiger partial charge in [0.25, 0.3) is 0 Å². The first kappa shape index (κ1) is 15.0. The van der Waals surface area contributed by atoms with E-state index in [1.165, 1.54) is 0 Å². The van der Waals surface area contributed by atoms with Crippen molar-refractivity contribution in [3.05, 3.63) is 64.1 Å². The molecule has 3 aromatic rings. The van der Waals surface area contributed by atoms with Crippen LogP contribution in [0, 0.1) is 12.3 Å². The Labute approximate surface area is 147 Å². The van der Waals surface area contributed by atoms with Gasteiger partial charge in [-0.2, -0.15) is 0 Å². The second kappa shape index (κ2) is 5.49. The predicted molar refractivity (Wildman–Crippen MR) is 99.6 cm³/mol. The van der Waals surface area contributed by atoms with E-state index in [9.17, 15) is 5.11 Å². The van der Waals surface area contributed by atoms with Crippen LogP contribution in [0.25, 0.3) is 16.6 Å². The minimum atomic E-state index is 0.145. The third kappa shape index (κ3) is 2.30. The molecule has 1 aliphatic heterocycles. The van der Waals surface area contributed by atoms with Crippen molar-refractivity contribution in [3.8, 4) is 0 Å². The van der Waals surface area contributed by atoms with Crippen molar-refractivity contribution in [2.75, 3.05) is 11.4 Å². The monoisotopic (exact) mass is 382 g/mol. The van der Waals surface area contributed by atoms with Crippen LogP contribution in [-0.2, 0) is 0 Å². The molecule has 0 aliphatic carbocycles. The van der Waals surface area contributed by atoms with Crippen LogP contribution < -0.4 is 4.90 Å². The molecule has 24 heavy (non-hydrogen) atoms. The lowest BCUT2D eigenvalue weighted by Gasteiger charge is -2.20. The van der Waals surface area contributed by atoms with Crippen LogP contribution in [-0.4, -0.2) is 27.5 Å². The zero-order valence-corrected chi connectivity index (χ0v) is 14.6. The standard InChI is InChI=1S/C18H15BrN4O/c1-10-6-7-14(11(19)8-10)23-9-15(24)16(17(23)20)18-21-12-4-2-3-5-13(12)22-18/h2-8,20,24H,9H2,1H3,(H,21,22). The van der Waals surface area contributed by atoms with Gasteiger partial charge in [0.2, 0.25) is 0 Å². The molecule has 0 unspecified atom stereocenters. The van der Waals surface area contributed by atoms with Crippen molar-refractivity contribution in [1.82, 2.24) is 9.97 Å². The number of hydrogen-bond acceptors (Lipinski definition) is 3. The van der Waals surface area contributed by atoms with Gasteiger partial charge in [0, 0.05) is 4.47 Å². The number of amidine groups is 1. The zero-order valence-electron chi connectivity index (χ0n) is 13.0. The first-order valence-corrected chi connectivity index (χ1v) is 8.34. The minimum Gasteiger partial charge on any atom is -0.509 e. The van der Waals surface area contributed by atoms with E-state index in [-0.39, 0.29) is 18.1 Å². The molecule has 0 fully saturated rings. The smallest absolute Gasteiger partial charge is 0.145 e. The summed E-state index contributed by atoms with van der Waals surface area (Å²) in [6.45, 7) is 2.27. The van der Waals surface area contributed by atoms with Gasteiger partial charge in [-0.15, -0.1) is 0 Å². The number of nitrogens with zero attached hydrogens (tertiary/aromatic N) is 2. The summed E-state index contributed by atoms with van der Waals surface area (Å²) < 4.78 is 0.894. The number of H-pyrrole nitrogens is 1. The number of aromatic nitrogens is 2. The van der Waals surface area contributed by atoms with E-state index in [1.807, 2.05) is 49.4 Å². The number of rotatable bonds is 2. The maximum Gasteiger partial charge on any atom is 0.145 e.